The van der Waals surface area contributed by atoms with Crippen LogP contribution >= 0.6 is 0 Å². The summed E-state index contributed by atoms with van der Waals surface area (Å²) in [6, 6.07) is 10.2. The third-order valence-electron chi connectivity index (χ3n) is 3.45. The first kappa shape index (κ1) is 13.1. The van der Waals surface area contributed by atoms with Gasteiger partial charge >= 0.3 is 0 Å². The van der Waals surface area contributed by atoms with Crippen molar-refractivity contribution in [3.8, 4) is 0 Å². The second kappa shape index (κ2) is 7.17. The summed E-state index contributed by atoms with van der Waals surface area (Å²) < 4.78 is 0. The molecule has 1 aromatic rings. The van der Waals surface area contributed by atoms with E-state index in [4.69, 9.17) is 0 Å². The Hall–Kier alpha value is -1.35. The molecule has 0 aromatic heterocycles. The number of hydrogen-bond acceptors (Lipinski definition) is 2. The monoisotopic (exact) mass is 246 g/mol. The van der Waals surface area contributed by atoms with Crippen LogP contribution in [0.3, 0.4) is 0 Å². The van der Waals surface area contributed by atoms with Crippen molar-refractivity contribution in [1.82, 2.24) is 5.32 Å². The highest BCUT2D eigenvalue weighted by molar-refractivity contribution is 5.90. The molecule has 3 heteroatoms. The molecule has 0 atom stereocenters. The van der Waals surface area contributed by atoms with E-state index in [1.54, 1.807) is 0 Å². The van der Waals surface area contributed by atoms with E-state index in [2.05, 4.69) is 10.6 Å². The minimum atomic E-state index is 0.0875. The molecule has 1 fully saturated rings. The number of carbonyl (C=O) groups is 1. The van der Waals surface area contributed by atoms with Crippen molar-refractivity contribution in [3.05, 3.63) is 30.3 Å². The number of anilines is 1. The van der Waals surface area contributed by atoms with Crippen LogP contribution in [0.5, 0.6) is 0 Å². The second-order valence-electron chi connectivity index (χ2n) is 4.95. The van der Waals surface area contributed by atoms with Crippen molar-refractivity contribution >= 4 is 11.6 Å². The molecule has 1 aliphatic rings. The maximum atomic E-state index is 11.7. The standard InChI is InChI=1S/C15H22N2O/c18-15(17-14-9-5-2-6-10-14)11-12-16-13-7-3-1-4-8-13/h2,5-6,9-10,13,16H,1,3-4,7-8,11-12H2,(H,17,18). The topological polar surface area (TPSA) is 41.1 Å². The van der Waals surface area contributed by atoms with Gasteiger partial charge in [0.25, 0.3) is 0 Å². The van der Waals surface area contributed by atoms with Crippen molar-refractivity contribution in [3.63, 3.8) is 0 Å². The quantitative estimate of drug-likeness (QED) is 0.838. The molecule has 3 nitrogen and oxygen atoms in total. The third-order valence-corrected chi connectivity index (χ3v) is 3.45. The maximum absolute atomic E-state index is 11.7. The minimum absolute atomic E-state index is 0.0875. The predicted molar refractivity (Wildman–Crippen MR) is 74.6 cm³/mol. The van der Waals surface area contributed by atoms with Crippen LogP contribution in [0.15, 0.2) is 30.3 Å². The Morgan fingerprint density at radius 2 is 1.83 bits per heavy atom. The molecule has 2 rings (SSSR count). The van der Waals surface area contributed by atoms with Crippen LogP contribution in [0.2, 0.25) is 0 Å². The average molecular weight is 246 g/mol. The molecular formula is C15H22N2O. The molecule has 1 aromatic carbocycles. The van der Waals surface area contributed by atoms with Crippen LogP contribution in [0.4, 0.5) is 5.69 Å². The number of hydrogen-bond donors (Lipinski definition) is 2. The smallest absolute Gasteiger partial charge is 0.225 e. The Morgan fingerprint density at radius 3 is 2.56 bits per heavy atom. The lowest BCUT2D eigenvalue weighted by atomic mass is 9.95. The summed E-state index contributed by atoms with van der Waals surface area (Å²) in [7, 11) is 0. The molecule has 98 valence electrons. The Kier molecular flexibility index (Phi) is 5.21. The van der Waals surface area contributed by atoms with Gasteiger partial charge in [-0.15, -0.1) is 0 Å². The van der Waals surface area contributed by atoms with Crippen molar-refractivity contribution < 1.29 is 4.79 Å². The highest BCUT2D eigenvalue weighted by Crippen LogP contribution is 2.17. The molecule has 0 radical (unpaired) electrons. The number of para-hydroxylation sites is 1. The lowest BCUT2D eigenvalue weighted by molar-refractivity contribution is -0.116. The summed E-state index contributed by atoms with van der Waals surface area (Å²) in [5, 5.41) is 6.38. The molecule has 0 bridgehead atoms. The first-order chi connectivity index (χ1) is 8.84. The van der Waals surface area contributed by atoms with E-state index in [-0.39, 0.29) is 5.91 Å². The lowest BCUT2D eigenvalue weighted by Crippen LogP contribution is -2.33. The average Bonchev–Trinajstić information content (AvgIpc) is 2.41. The molecular weight excluding hydrogens is 224 g/mol. The lowest BCUT2D eigenvalue weighted by Gasteiger charge is -2.22. The van der Waals surface area contributed by atoms with E-state index in [1.165, 1.54) is 32.1 Å². The Bertz CT molecular complexity index is 358. The van der Waals surface area contributed by atoms with Gasteiger partial charge in [-0.3, -0.25) is 4.79 Å². The third kappa shape index (κ3) is 4.49. The van der Waals surface area contributed by atoms with Crippen LogP contribution in [0, 0.1) is 0 Å². The van der Waals surface area contributed by atoms with E-state index in [0.717, 1.165) is 12.2 Å². The van der Waals surface area contributed by atoms with E-state index in [9.17, 15) is 4.79 Å². The number of amides is 1. The van der Waals surface area contributed by atoms with Crippen LogP contribution < -0.4 is 10.6 Å². The van der Waals surface area contributed by atoms with Gasteiger partial charge < -0.3 is 10.6 Å². The molecule has 1 amide bonds. The fourth-order valence-corrected chi connectivity index (χ4v) is 2.44. The highest BCUT2D eigenvalue weighted by atomic mass is 16.1. The zero-order valence-electron chi connectivity index (χ0n) is 10.8. The summed E-state index contributed by atoms with van der Waals surface area (Å²) in [5.41, 5.74) is 0.875. The van der Waals surface area contributed by atoms with Gasteiger partial charge in [-0.2, -0.15) is 0 Å². The Labute approximate surface area is 109 Å². The molecule has 0 aliphatic heterocycles. The number of carbonyl (C=O) groups excluding carboxylic acids is 1. The van der Waals surface area contributed by atoms with Crippen LogP contribution in [-0.4, -0.2) is 18.5 Å². The molecule has 1 aliphatic carbocycles. The van der Waals surface area contributed by atoms with Crippen molar-refractivity contribution in [2.24, 2.45) is 0 Å². The van der Waals surface area contributed by atoms with E-state index < -0.39 is 0 Å². The van der Waals surface area contributed by atoms with Gasteiger partial charge in [-0.1, -0.05) is 37.5 Å². The van der Waals surface area contributed by atoms with Gasteiger partial charge in [0.05, 0.1) is 0 Å². The van der Waals surface area contributed by atoms with Crippen LogP contribution in [0.1, 0.15) is 38.5 Å². The zero-order valence-corrected chi connectivity index (χ0v) is 10.8. The number of nitrogens with one attached hydrogen (secondary N) is 2. The normalized spacial score (nSPS) is 16.4. The molecule has 0 saturated heterocycles. The summed E-state index contributed by atoms with van der Waals surface area (Å²) in [4.78, 5) is 11.7. The first-order valence-electron chi connectivity index (χ1n) is 6.93. The van der Waals surface area contributed by atoms with E-state index in [1.807, 2.05) is 30.3 Å². The first-order valence-corrected chi connectivity index (χ1v) is 6.93. The molecule has 0 unspecified atom stereocenters. The SMILES string of the molecule is O=C(CCNC1CCCCC1)Nc1ccccc1. The van der Waals surface area contributed by atoms with Gasteiger partial charge in [0.1, 0.15) is 0 Å². The van der Waals surface area contributed by atoms with Crippen molar-refractivity contribution in [1.29, 1.82) is 0 Å². The van der Waals surface area contributed by atoms with Gasteiger partial charge in [-0.05, 0) is 25.0 Å². The highest BCUT2D eigenvalue weighted by Gasteiger charge is 2.12. The van der Waals surface area contributed by atoms with E-state index >= 15 is 0 Å². The number of benzene rings is 1. The zero-order chi connectivity index (χ0) is 12.6. The molecule has 1 saturated carbocycles. The molecule has 18 heavy (non-hydrogen) atoms. The number of rotatable bonds is 5. The van der Waals surface area contributed by atoms with Crippen LogP contribution in [-0.2, 0) is 4.79 Å². The largest absolute Gasteiger partial charge is 0.326 e. The Balaban J connectivity index is 1.62. The van der Waals surface area contributed by atoms with Gasteiger partial charge in [0, 0.05) is 24.7 Å². The molecule has 0 heterocycles. The Morgan fingerprint density at radius 1 is 1.11 bits per heavy atom. The summed E-state index contributed by atoms with van der Waals surface area (Å²) in [5.74, 6) is 0.0875. The molecule has 2 N–H and O–H groups in total. The fourth-order valence-electron chi connectivity index (χ4n) is 2.44. The maximum Gasteiger partial charge on any atom is 0.225 e. The van der Waals surface area contributed by atoms with Crippen molar-refractivity contribution in [2.75, 3.05) is 11.9 Å². The van der Waals surface area contributed by atoms with Gasteiger partial charge in [-0.25, -0.2) is 0 Å². The molecule has 0 spiro atoms. The summed E-state index contributed by atoms with van der Waals surface area (Å²) in [6.07, 6.45) is 7.10. The fraction of sp³-hybridized carbons (Fsp3) is 0.533. The minimum Gasteiger partial charge on any atom is -0.326 e. The predicted octanol–water partition coefficient (Wildman–Crippen LogP) is 2.94. The summed E-state index contributed by atoms with van der Waals surface area (Å²) in [6.45, 7) is 0.781. The van der Waals surface area contributed by atoms with Crippen LogP contribution in [0.25, 0.3) is 0 Å². The van der Waals surface area contributed by atoms with E-state index in [0.29, 0.717) is 12.5 Å². The second-order valence-corrected chi connectivity index (χ2v) is 4.95. The van der Waals surface area contributed by atoms with Gasteiger partial charge in [0.15, 0.2) is 0 Å². The van der Waals surface area contributed by atoms with Gasteiger partial charge in [0.2, 0.25) is 5.91 Å². The van der Waals surface area contributed by atoms with Crippen molar-refractivity contribution in [2.45, 2.75) is 44.6 Å². The summed E-state index contributed by atoms with van der Waals surface area (Å²) >= 11 is 0.